The molecule has 1 aromatic heterocycles. The Morgan fingerprint density at radius 1 is 0.867 bits per heavy atom. The average molecular weight is 436 g/mol. The number of halogens is 1. The summed E-state index contributed by atoms with van der Waals surface area (Å²) in [4.78, 5) is 29.0. The molecular formula is C23H18ClN3O2S. The summed E-state index contributed by atoms with van der Waals surface area (Å²) in [6.07, 6.45) is 0. The summed E-state index contributed by atoms with van der Waals surface area (Å²) < 4.78 is 1.13. The van der Waals surface area contributed by atoms with E-state index in [-0.39, 0.29) is 0 Å². The van der Waals surface area contributed by atoms with Gasteiger partial charge in [0.25, 0.3) is 0 Å². The maximum Gasteiger partial charge on any atom is 0.314 e. The lowest BCUT2D eigenvalue weighted by molar-refractivity contribution is -0.132. The molecule has 0 aliphatic carbocycles. The number of amides is 2. The molecule has 0 atom stereocenters. The van der Waals surface area contributed by atoms with Crippen molar-refractivity contribution in [2.24, 2.45) is 0 Å². The van der Waals surface area contributed by atoms with Crippen LogP contribution in [0.1, 0.15) is 11.1 Å². The summed E-state index contributed by atoms with van der Waals surface area (Å²) in [7, 11) is 0. The first-order valence-electron chi connectivity index (χ1n) is 9.25. The standard InChI is InChI=1S/C23H18ClN3O2S/c1-13-3-10-19-20(11-13)30-23(27-19)15-5-8-16(9-6-15)25-21(28)22(29)26-17-7-4-14(2)18(24)12-17/h3-12H,1-2H3,(H,25,28)(H,26,29). The zero-order chi connectivity index (χ0) is 21.3. The number of thiazole rings is 1. The number of aryl methyl sites for hydroxylation is 2. The van der Waals surface area contributed by atoms with Gasteiger partial charge in [0.05, 0.1) is 10.2 Å². The van der Waals surface area contributed by atoms with Crippen LogP contribution in [-0.4, -0.2) is 16.8 Å². The number of aromatic nitrogens is 1. The van der Waals surface area contributed by atoms with E-state index in [1.165, 1.54) is 5.56 Å². The van der Waals surface area contributed by atoms with Crippen molar-refractivity contribution in [1.82, 2.24) is 4.98 Å². The van der Waals surface area contributed by atoms with Crippen LogP contribution >= 0.6 is 22.9 Å². The lowest BCUT2D eigenvalue weighted by atomic mass is 10.2. The Balaban J connectivity index is 1.43. The Bertz CT molecular complexity index is 1270. The molecule has 0 unspecified atom stereocenters. The topological polar surface area (TPSA) is 71.1 Å². The second-order valence-corrected chi connectivity index (χ2v) is 8.38. The third-order valence-corrected chi connectivity index (χ3v) is 6.04. The van der Waals surface area contributed by atoms with Gasteiger partial charge in [0.15, 0.2) is 0 Å². The highest BCUT2D eigenvalue weighted by Gasteiger charge is 2.15. The van der Waals surface area contributed by atoms with E-state index in [2.05, 4.69) is 28.6 Å². The van der Waals surface area contributed by atoms with Gasteiger partial charge in [-0.3, -0.25) is 9.59 Å². The van der Waals surface area contributed by atoms with Crippen LogP contribution in [0.4, 0.5) is 11.4 Å². The van der Waals surface area contributed by atoms with Crippen LogP contribution in [-0.2, 0) is 9.59 Å². The molecule has 2 amide bonds. The van der Waals surface area contributed by atoms with Crippen molar-refractivity contribution in [2.75, 3.05) is 10.6 Å². The highest BCUT2D eigenvalue weighted by Crippen LogP contribution is 2.31. The van der Waals surface area contributed by atoms with E-state index >= 15 is 0 Å². The maximum absolute atomic E-state index is 12.2. The van der Waals surface area contributed by atoms with Gasteiger partial charge in [-0.15, -0.1) is 11.3 Å². The first-order chi connectivity index (χ1) is 14.4. The SMILES string of the molecule is Cc1ccc2nc(-c3ccc(NC(=O)C(=O)Nc4ccc(C)c(Cl)c4)cc3)sc2c1. The van der Waals surface area contributed by atoms with Crippen LogP contribution in [0.2, 0.25) is 5.02 Å². The van der Waals surface area contributed by atoms with E-state index in [4.69, 9.17) is 11.6 Å². The maximum atomic E-state index is 12.2. The molecule has 4 rings (SSSR count). The summed E-state index contributed by atoms with van der Waals surface area (Å²) in [6.45, 7) is 3.92. The summed E-state index contributed by atoms with van der Waals surface area (Å²) in [5, 5.41) is 6.57. The molecule has 5 nitrogen and oxygen atoms in total. The van der Waals surface area contributed by atoms with Crippen LogP contribution in [0.3, 0.4) is 0 Å². The Labute approximate surface area is 182 Å². The largest absolute Gasteiger partial charge is 0.318 e. The second-order valence-electron chi connectivity index (χ2n) is 6.94. The van der Waals surface area contributed by atoms with Gasteiger partial charge in [-0.25, -0.2) is 4.98 Å². The van der Waals surface area contributed by atoms with Gasteiger partial charge in [0.1, 0.15) is 5.01 Å². The van der Waals surface area contributed by atoms with Crippen molar-refractivity contribution >= 4 is 56.3 Å². The van der Waals surface area contributed by atoms with Crippen molar-refractivity contribution in [2.45, 2.75) is 13.8 Å². The minimum atomic E-state index is -0.763. The average Bonchev–Trinajstić information content (AvgIpc) is 3.14. The normalized spacial score (nSPS) is 10.8. The number of rotatable bonds is 3. The molecule has 3 aromatic carbocycles. The molecule has 0 spiro atoms. The number of anilines is 2. The van der Waals surface area contributed by atoms with E-state index in [0.29, 0.717) is 16.4 Å². The van der Waals surface area contributed by atoms with E-state index in [1.54, 1.807) is 41.7 Å². The van der Waals surface area contributed by atoms with E-state index in [0.717, 1.165) is 26.4 Å². The second kappa shape index (κ2) is 8.26. The molecule has 0 bridgehead atoms. The quantitative estimate of drug-likeness (QED) is 0.399. The van der Waals surface area contributed by atoms with Gasteiger partial charge in [-0.1, -0.05) is 23.7 Å². The Hall–Kier alpha value is -3.22. The Morgan fingerprint density at radius 2 is 1.53 bits per heavy atom. The number of benzene rings is 3. The minimum absolute atomic E-state index is 0.465. The van der Waals surface area contributed by atoms with Gasteiger partial charge in [0.2, 0.25) is 0 Å². The van der Waals surface area contributed by atoms with E-state index in [9.17, 15) is 9.59 Å². The fraction of sp³-hybridized carbons (Fsp3) is 0.0870. The smallest absolute Gasteiger partial charge is 0.314 e. The van der Waals surface area contributed by atoms with Crippen LogP contribution in [0.15, 0.2) is 60.7 Å². The molecule has 0 saturated carbocycles. The van der Waals surface area contributed by atoms with Crippen LogP contribution in [0.25, 0.3) is 20.8 Å². The molecule has 4 aromatic rings. The number of hydrogen-bond donors (Lipinski definition) is 2. The zero-order valence-corrected chi connectivity index (χ0v) is 17.9. The van der Waals surface area contributed by atoms with Crippen molar-refractivity contribution in [3.8, 4) is 10.6 Å². The van der Waals surface area contributed by atoms with Crippen LogP contribution < -0.4 is 10.6 Å². The Morgan fingerprint density at radius 3 is 2.23 bits per heavy atom. The van der Waals surface area contributed by atoms with Crippen LogP contribution in [0.5, 0.6) is 0 Å². The minimum Gasteiger partial charge on any atom is -0.318 e. The zero-order valence-electron chi connectivity index (χ0n) is 16.3. The molecule has 2 N–H and O–H groups in total. The van der Waals surface area contributed by atoms with E-state index in [1.807, 2.05) is 31.2 Å². The fourth-order valence-electron chi connectivity index (χ4n) is 2.90. The van der Waals surface area contributed by atoms with Crippen molar-refractivity contribution in [3.05, 3.63) is 76.8 Å². The monoisotopic (exact) mass is 435 g/mol. The molecule has 0 saturated heterocycles. The first-order valence-corrected chi connectivity index (χ1v) is 10.4. The summed E-state index contributed by atoms with van der Waals surface area (Å²) >= 11 is 7.67. The molecule has 150 valence electrons. The lowest BCUT2D eigenvalue weighted by Gasteiger charge is -2.08. The summed E-state index contributed by atoms with van der Waals surface area (Å²) in [5.74, 6) is -1.52. The van der Waals surface area contributed by atoms with Gasteiger partial charge in [-0.05, 0) is 73.5 Å². The van der Waals surface area contributed by atoms with Crippen molar-refractivity contribution in [1.29, 1.82) is 0 Å². The summed E-state index contributed by atoms with van der Waals surface area (Å²) in [5.41, 5.74) is 4.99. The van der Waals surface area contributed by atoms with Crippen molar-refractivity contribution in [3.63, 3.8) is 0 Å². The predicted octanol–water partition coefficient (Wildman–Crippen LogP) is 5.81. The number of carbonyl (C=O) groups excluding carboxylic acids is 2. The van der Waals surface area contributed by atoms with Crippen LogP contribution in [0, 0.1) is 13.8 Å². The highest BCUT2D eigenvalue weighted by atomic mass is 35.5. The molecule has 1 heterocycles. The van der Waals surface area contributed by atoms with E-state index < -0.39 is 11.8 Å². The van der Waals surface area contributed by atoms with Gasteiger partial charge < -0.3 is 10.6 Å². The molecule has 0 radical (unpaired) electrons. The third-order valence-electron chi connectivity index (χ3n) is 4.57. The number of nitrogens with zero attached hydrogens (tertiary/aromatic N) is 1. The molecular weight excluding hydrogens is 418 g/mol. The molecule has 0 fully saturated rings. The number of nitrogens with one attached hydrogen (secondary N) is 2. The number of carbonyl (C=O) groups is 2. The summed E-state index contributed by atoms with van der Waals surface area (Å²) in [6, 6.07) is 18.5. The van der Waals surface area contributed by atoms with Gasteiger partial charge in [0, 0.05) is 22.0 Å². The predicted molar refractivity (Wildman–Crippen MR) is 123 cm³/mol. The fourth-order valence-corrected chi connectivity index (χ4v) is 4.15. The number of hydrogen-bond acceptors (Lipinski definition) is 4. The number of fused-ring (bicyclic) bond motifs is 1. The first kappa shape index (κ1) is 20.1. The molecule has 30 heavy (non-hydrogen) atoms. The highest BCUT2D eigenvalue weighted by molar-refractivity contribution is 7.21. The molecule has 7 heteroatoms. The third kappa shape index (κ3) is 4.35. The Kier molecular flexibility index (Phi) is 5.53. The molecule has 0 aliphatic rings. The van der Waals surface area contributed by atoms with Crippen molar-refractivity contribution < 1.29 is 9.59 Å². The molecule has 0 aliphatic heterocycles. The van der Waals surface area contributed by atoms with Gasteiger partial charge >= 0.3 is 11.8 Å². The lowest BCUT2D eigenvalue weighted by Crippen LogP contribution is -2.29. The van der Waals surface area contributed by atoms with Gasteiger partial charge in [-0.2, -0.15) is 0 Å².